The molecule has 3 aromatic rings. The van der Waals surface area contributed by atoms with Crippen LogP contribution in [0.15, 0.2) is 70.5 Å². The normalized spacial score (nSPS) is 11.7. The molecule has 0 spiro atoms. The maximum absolute atomic E-state index is 13.9. The lowest BCUT2D eigenvalue weighted by Gasteiger charge is -2.14. The van der Waals surface area contributed by atoms with Crippen molar-refractivity contribution in [3.8, 4) is 0 Å². The number of sulfonamides is 2. The van der Waals surface area contributed by atoms with Crippen LogP contribution in [0.2, 0.25) is 0 Å². The number of halogens is 1. The van der Waals surface area contributed by atoms with E-state index in [-0.39, 0.29) is 26.9 Å². The molecule has 0 radical (unpaired) electrons. The second kappa shape index (κ2) is 9.13. The first-order valence-corrected chi connectivity index (χ1v) is 12.3. The third-order valence-electron chi connectivity index (χ3n) is 4.62. The Labute approximate surface area is 189 Å². The smallest absolute Gasteiger partial charge is 0.294 e. The number of benzene rings is 3. The molecule has 10 nitrogen and oxygen atoms in total. The Bertz CT molecular complexity index is 1440. The van der Waals surface area contributed by atoms with Crippen molar-refractivity contribution in [1.82, 2.24) is 4.72 Å². The maximum atomic E-state index is 13.9. The molecule has 0 bridgehead atoms. The summed E-state index contributed by atoms with van der Waals surface area (Å²) in [6.07, 6.45) is 0. The van der Waals surface area contributed by atoms with E-state index >= 15 is 0 Å². The van der Waals surface area contributed by atoms with E-state index in [1.807, 2.05) is 0 Å². The lowest BCUT2D eigenvalue weighted by molar-refractivity contribution is -0.384. The second-order valence-corrected chi connectivity index (χ2v) is 10.4. The minimum atomic E-state index is -4.19. The molecule has 3 N–H and O–H groups in total. The Morgan fingerprint density at radius 1 is 0.909 bits per heavy atom. The van der Waals surface area contributed by atoms with Gasteiger partial charge in [-0.3, -0.25) is 14.8 Å². The zero-order chi connectivity index (χ0) is 24.4. The van der Waals surface area contributed by atoms with Crippen molar-refractivity contribution in [3.05, 3.63) is 82.2 Å². The molecule has 0 unspecified atom stereocenters. The fraction of sp³-hybridized carbons (Fsp3) is 0.100. The molecule has 3 rings (SSSR count). The quantitative estimate of drug-likeness (QED) is 0.321. The van der Waals surface area contributed by atoms with Crippen molar-refractivity contribution < 1.29 is 26.1 Å². The van der Waals surface area contributed by atoms with Crippen LogP contribution in [-0.2, 0) is 20.0 Å². The molecule has 13 heteroatoms. The predicted molar refractivity (Wildman–Crippen MR) is 121 cm³/mol. The van der Waals surface area contributed by atoms with E-state index in [9.17, 15) is 31.3 Å². The molecule has 0 heterocycles. The number of para-hydroxylation sites is 1. The van der Waals surface area contributed by atoms with Gasteiger partial charge in [-0.15, -0.1) is 0 Å². The Morgan fingerprint density at radius 3 is 2.24 bits per heavy atom. The van der Waals surface area contributed by atoms with Gasteiger partial charge in [0.25, 0.3) is 15.7 Å². The average molecular weight is 495 g/mol. The van der Waals surface area contributed by atoms with Gasteiger partial charge in [-0.05, 0) is 55.9 Å². The van der Waals surface area contributed by atoms with Crippen LogP contribution in [0.25, 0.3) is 0 Å². The number of nitro benzene ring substituents is 1. The number of nitrogens with one attached hydrogen (secondary N) is 3. The fourth-order valence-electron chi connectivity index (χ4n) is 2.92. The summed E-state index contributed by atoms with van der Waals surface area (Å²) in [5.41, 5.74) is -0.270. The molecular weight excluding hydrogens is 475 g/mol. The SMILES string of the molecule is CNS(=O)(=O)c1ccc(Nc2ccc(C)c(S(=O)(=O)Nc3ccccc3F)c2)c([N+](=O)[O-])c1. The summed E-state index contributed by atoms with van der Waals surface area (Å²) in [5, 5.41) is 14.2. The largest absolute Gasteiger partial charge is 0.350 e. The summed E-state index contributed by atoms with van der Waals surface area (Å²) in [5.74, 6) is -0.750. The van der Waals surface area contributed by atoms with Crippen LogP contribution in [0.3, 0.4) is 0 Å². The summed E-state index contributed by atoms with van der Waals surface area (Å²) in [7, 11) is -6.92. The topological polar surface area (TPSA) is 148 Å². The molecule has 0 aliphatic rings. The highest BCUT2D eigenvalue weighted by molar-refractivity contribution is 7.92. The van der Waals surface area contributed by atoms with Crippen LogP contribution < -0.4 is 14.8 Å². The summed E-state index contributed by atoms with van der Waals surface area (Å²) in [6, 6.07) is 12.8. The fourth-order valence-corrected chi connectivity index (χ4v) is 5.01. The van der Waals surface area contributed by atoms with Crippen LogP contribution in [-0.4, -0.2) is 28.8 Å². The van der Waals surface area contributed by atoms with E-state index in [0.717, 1.165) is 12.1 Å². The van der Waals surface area contributed by atoms with Gasteiger partial charge in [-0.2, -0.15) is 0 Å². The standard InChI is InChI=1S/C20H19FN4O6S2/c1-13-7-8-14(11-20(13)33(30,31)24-17-6-4-3-5-16(17)21)23-18-10-9-15(32(28,29)22-2)12-19(18)25(26)27/h3-12,22-24H,1-2H3. The molecule has 0 saturated carbocycles. The highest BCUT2D eigenvalue weighted by Crippen LogP contribution is 2.32. The number of nitrogens with zero attached hydrogens (tertiary/aromatic N) is 1. The molecule has 0 aliphatic carbocycles. The summed E-state index contributed by atoms with van der Waals surface area (Å²) < 4.78 is 67.8. The first-order chi connectivity index (χ1) is 15.4. The van der Waals surface area contributed by atoms with Crippen molar-refractivity contribution in [2.24, 2.45) is 0 Å². The predicted octanol–water partition coefficient (Wildman–Crippen LogP) is 3.49. The van der Waals surface area contributed by atoms with Gasteiger partial charge in [0.1, 0.15) is 11.5 Å². The van der Waals surface area contributed by atoms with E-state index in [1.165, 1.54) is 55.6 Å². The zero-order valence-electron chi connectivity index (χ0n) is 17.4. The highest BCUT2D eigenvalue weighted by Gasteiger charge is 2.22. The number of anilines is 3. The number of rotatable bonds is 8. The van der Waals surface area contributed by atoms with E-state index in [1.54, 1.807) is 6.92 Å². The van der Waals surface area contributed by atoms with Gasteiger partial charge in [-0.25, -0.2) is 25.9 Å². The average Bonchev–Trinajstić information content (AvgIpc) is 2.76. The van der Waals surface area contributed by atoms with Crippen LogP contribution >= 0.6 is 0 Å². The third kappa shape index (κ3) is 5.27. The molecule has 0 aliphatic heterocycles. The van der Waals surface area contributed by atoms with Crippen LogP contribution in [0.5, 0.6) is 0 Å². The van der Waals surface area contributed by atoms with Crippen molar-refractivity contribution in [2.75, 3.05) is 17.1 Å². The van der Waals surface area contributed by atoms with Gasteiger partial charge in [0.05, 0.1) is 20.4 Å². The second-order valence-electron chi connectivity index (χ2n) is 6.83. The number of aryl methyl sites for hydroxylation is 1. The minimum Gasteiger partial charge on any atom is -0.350 e. The van der Waals surface area contributed by atoms with E-state index in [0.29, 0.717) is 5.56 Å². The third-order valence-corrected chi connectivity index (χ3v) is 7.54. The Balaban J connectivity index is 1.99. The molecular formula is C20H19FN4O6S2. The number of hydrogen-bond donors (Lipinski definition) is 3. The van der Waals surface area contributed by atoms with Crippen molar-refractivity contribution in [3.63, 3.8) is 0 Å². The van der Waals surface area contributed by atoms with Crippen LogP contribution in [0, 0.1) is 22.9 Å². The van der Waals surface area contributed by atoms with Gasteiger partial charge in [0.15, 0.2) is 0 Å². The highest BCUT2D eigenvalue weighted by atomic mass is 32.2. The van der Waals surface area contributed by atoms with Gasteiger partial charge >= 0.3 is 0 Å². The molecule has 0 amide bonds. The van der Waals surface area contributed by atoms with Gasteiger partial charge in [0.2, 0.25) is 10.0 Å². The molecule has 3 aromatic carbocycles. The summed E-state index contributed by atoms with van der Waals surface area (Å²) >= 11 is 0. The molecule has 0 saturated heterocycles. The van der Waals surface area contributed by atoms with Gasteiger partial charge in [-0.1, -0.05) is 18.2 Å². The first-order valence-electron chi connectivity index (χ1n) is 9.31. The van der Waals surface area contributed by atoms with E-state index in [4.69, 9.17) is 0 Å². The van der Waals surface area contributed by atoms with Crippen molar-refractivity contribution in [2.45, 2.75) is 16.7 Å². The lowest BCUT2D eigenvalue weighted by Crippen LogP contribution is -2.18. The number of hydrogen-bond acceptors (Lipinski definition) is 7. The number of nitro groups is 1. The Kier molecular flexibility index (Phi) is 6.67. The molecule has 33 heavy (non-hydrogen) atoms. The van der Waals surface area contributed by atoms with Gasteiger partial charge in [0, 0.05) is 11.8 Å². The zero-order valence-corrected chi connectivity index (χ0v) is 19.0. The monoisotopic (exact) mass is 494 g/mol. The van der Waals surface area contributed by atoms with Crippen LogP contribution in [0.1, 0.15) is 5.56 Å². The summed E-state index contributed by atoms with van der Waals surface area (Å²) in [4.78, 5) is 10.3. The maximum Gasteiger partial charge on any atom is 0.294 e. The molecule has 0 fully saturated rings. The Morgan fingerprint density at radius 2 is 1.61 bits per heavy atom. The molecule has 0 atom stereocenters. The summed E-state index contributed by atoms with van der Waals surface area (Å²) in [6.45, 7) is 1.54. The Hall–Kier alpha value is -3.55. The van der Waals surface area contributed by atoms with Gasteiger partial charge < -0.3 is 5.32 Å². The molecule has 0 aromatic heterocycles. The van der Waals surface area contributed by atoms with Crippen LogP contribution in [0.4, 0.5) is 27.1 Å². The van der Waals surface area contributed by atoms with Crippen molar-refractivity contribution >= 4 is 42.8 Å². The van der Waals surface area contributed by atoms with E-state index < -0.39 is 36.5 Å². The lowest BCUT2D eigenvalue weighted by atomic mass is 10.2. The minimum absolute atomic E-state index is 0.0516. The first kappa shape index (κ1) is 24.1. The van der Waals surface area contributed by atoms with Crippen molar-refractivity contribution in [1.29, 1.82) is 0 Å². The molecule has 174 valence electrons. The van der Waals surface area contributed by atoms with E-state index in [2.05, 4.69) is 14.8 Å².